The van der Waals surface area contributed by atoms with Crippen molar-refractivity contribution in [2.45, 2.75) is 20.3 Å². The quantitative estimate of drug-likeness (QED) is 0.526. The van der Waals surface area contributed by atoms with Gasteiger partial charge in [-0.3, -0.25) is 4.79 Å². The zero-order chi connectivity index (χ0) is 7.44. The predicted octanol–water partition coefficient (Wildman–Crippen LogP) is 2.10. The van der Waals surface area contributed by atoms with E-state index < -0.39 is 0 Å². The van der Waals surface area contributed by atoms with Gasteiger partial charge in [0.05, 0.1) is 0 Å². The minimum absolute atomic E-state index is 0.142. The molecule has 0 spiro atoms. The molecule has 0 radical (unpaired) electrons. The SMILES string of the molecule is C=C(C)C(=C)CC(C)=O. The van der Waals surface area contributed by atoms with E-state index in [-0.39, 0.29) is 5.78 Å². The summed E-state index contributed by atoms with van der Waals surface area (Å²) in [5.74, 6) is 0.142. The van der Waals surface area contributed by atoms with Crippen LogP contribution >= 0.6 is 0 Å². The van der Waals surface area contributed by atoms with Crippen LogP contribution < -0.4 is 0 Å². The third-order valence-corrected chi connectivity index (χ3v) is 1.07. The summed E-state index contributed by atoms with van der Waals surface area (Å²) in [4.78, 5) is 10.5. The third kappa shape index (κ3) is 3.71. The molecular formula is C8H12O. The van der Waals surface area contributed by atoms with Gasteiger partial charge in [0.2, 0.25) is 0 Å². The van der Waals surface area contributed by atoms with Gasteiger partial charge in [0.25, 0.3) is 0 Å². The van der Waals surface area contributed by atoms with Crippen LogP contribution in [0.5, 0.6) is 0 Å². The highest BCUT2D eigenvalue weighted by atomic mass is 16.1. The van der Waals surface area contributed by atoms with E-state index in [1.165, 1.54) is 0 Å². The highest BCUT2D eigenvalue weighted by molar-refractivity contribution is 5.78. The van der Waals surface area contributed by atoms with Gasteiger partial charge in [0, 0.05) is 6.42 Å². The Labute approximate surface area is 56.1 Å². The molecule has 0 aromatic rings. The van der Waals surface area contributed by atoms with E-state index in [0.717, 1.165) is 11.1 Å². The molecule has 0 atom stereocenters. The smallest absolute Gasteiger partial charge is 0.134 e. The number of allylic oxidation sites excluding steroid dienone is 2. The Kier molecular flexibility index (Phi) is 2.93. The summed E-state index contributed by atoms with van der Waals surface area (Å²) in [6.45, 7) is 10.7. The first-order valence-corrected chi connectivity index (χ1v) is 2.87. The minimum Gasteiger partial charge on any atom is -0.300 e. The van der Waals surface area contributed by atoms with Gasteiger partial charge < -0.3 is 0 Å². The van der Waals surface area contributed by atoms with E-state index in [4.69, 9.17) is 0 Å². The average molecular weight is 124 g/mol. The molecule has 0 N–H and O–H groups in total. The Morgan fingerprint density at radius 3 is 1.89 bits per heavy atom. The maximum atomic E-state index is 10.5. The van der Waals surface area contributed by atoms with E-state index >= 15 is 0 Å². The van der Waals surface area contributed by atoms with Crippen LogP contribution in [0.15, 0.2) is 24.3 Å². The van der Waals surface area contributed by atoms with Crippen molar-refractivity contribution in [3.8, 4) is 0 Å². The molecule has 1 nitrogen and oxygen atoms in total. The lowest BCUT2D eigenvalue weighted by atomic mass is 10.1. The van der Waals surface area contributed by atoms with E-state index in [9.17, 15) is 4.79 Å². The molecule has 50 valence electrons. The fourth-order valence-electron chi connectivity index (χ4n) is 0.451. The Morgan fingerprint density at radius 1 is 1.33 bits per heavy atom. The summed E-state index contributed by atoms with van der Waals surface area (Å²) < 4.78 is 0. The number of carbonyl (C=O) groups is 1. The van der Waals surface area contributed by atoms with Crippen molar-refractivity contribution in [3.63, 3.8) is 0 Å². The topological polar surface area (TPSA) is 17.1 Å². The van der Waals surface area contributed by atoms with Gasteiger partial charge in [0.15, 0.2) is 0 Å². The largest absolute Gasteiger partial charge is 0.300 e. The number of carbonyl (C=O) groups excluding carboxylic acids is 1. The maximum absolute atomic E-state index is 10.5. The van der Waals surface area contributed by atoms with Gasteiger partial charge in [0.1, 0.15) is 5.78 Å². The van der Waals surface area contributed by atoms with Crippen LogP contribution in [-0.2, 0) is 4.79 Å². The van der Waals surface area contributed by atoms with Gasteiger partial charge in [-0.25, -0.2) is 0 Å². The monoisotopic (exact) mass is 124 g/mol. The molecule has 0 bridgehead atoms. The molecule has 1 heteroatoms. The van der Waals surface area contributed by atoms with Crippen molar-refractivity contribution in [1.29, 1.82) is 0 Å². The van der Waals surface area contributed by atoms with Crippen molar-refractivity contribution < 1.29 is 4.79 Å². The molecular weight excluding hydrogens is 112 g/mol. The first-order valence-electron chi connectivity index (χ1n) is 2.87. The number of rotatable bonds is 3. The van der Waals surface area contributed by atoms with Crippen molar-refractivity contribution in [2.75, 3.05) is 0 Å². The second kappa shape index (κ2) is 3.23. The highest BCUT2D eigenvalue weighted by Crippen LogP contribution is 2.07. The number of hydrogen-bond donors (Lipinski definition) is 0. The van der Waals surface area contributed by atoms with Crippen LogP contribution in [0.3, 0.4) is 0 Å². The molecule has 9 heavy (non-hydrogen) atoms. The fourth-order valence-corrected chi connectivity index (χ4v) is 0.451. The van der Waals surface area contributed by atoms with Gasteiger partial charge in [-0.2, -0.15) is 0 Å². The zero-order valence-corrected chi connectivity index (χ0v) is 6.03. The lowest BCUT2D eigenvalue weighted by Crippen LogP contribution is -1.92. The molecule has 0 aromatic carbocycles. The second-order valence-corrected chi connectivity index (χ2v) is 2.26. The zero-order valence-electron chi connectivity index (χ0n) is 6.03. The third-order valence-electron chi connectivity index (χ3n) is 1.07. The summed E-state index contributed by atoms with van der Waals surface area (Å²) in [5.41, 5.74) is 1.73. The molecule has 0 heterocycles. The van der Waals surface area contributed by atoms with Gasteiger partial charge in [-0.1, -0.05) is 18.7 Å². The van der Waals surface area contributed by atoms with Crippen molar-refractivity contribution in [1.82, 2.24) is 0 Å². The van der Waals surface area contributed by atoms with Crippen LogP contribution in [0.25, 0.3) is 0 Å². The molecule has 0 aliphatic heterocycles. The number of hydrogen-bond acceptors (Lipinski definition) is 1. The Balaban J connectivity index is 3.79. The molecule has 0 saturated heterocycles. The van der Waals surface area contributed by atoms with Crippen molar-refractivity contribution >= 4 is 5.78 Å². The van der Waals surface area contributed by atoms with Gasteiger partial charge in [-0.05, 0) is 19.4 Å². The first kappa shape index (κ1) is 8.15. The predicted molar refractivity (Wildman–Crippen MR) is 39.3 cm³/mol. The summed E-state index contributed by atoms with van der Waals surface area (Å²) in [5, 5.41) is 0. The molecule has 0 rings (SSSR count). The molecule has 0 unspecified atom stereocenters. The average Bonchev–Trinajstić information content (AvgIpc) is 1.63. The summed E-state index contributed by atoms with van der Waals surface area (Å²) in [7, 11) is 0. The van der Waals surface area contributed by atoms with E-state index in [1.54, 1.807) is 6.92 Å². The lowest BCUT2D eigenvalue weighted by molar-refractivity contribution is -0.116. The highest BCUT2D eigenvalue weighted by Gasteiger charge is 1.97. The van der Waals surface area contributed by atoms with Crippen LogP contribution in [0, 0.1) is 0 Å². The molecule has 0 aliphatic rings. The molecule has 0 fully saturated rings. The van der Waals surface area contributed by atoms with Crippen LogP contribution in [0.1, 0.15) is 20.3 Å². The summed E-state index contributed by atoms with van der Waals surface area (Å²) in [6.07, 6.45) is 0.440. The normalized spacial score (nSPS) is 8.67. The summed E-state index contributed by atoms with van der Waals surface area (Å²) >= 11 is 0. The maximum Gasteiger partial charge on any atom is 0.134 e. The Hall–Kier alpha value is -0.850. The lowest BCUT2D eigenvalue weighted by Gasteiger charge is -1.98. The molecule has 0 amide bonds. The molecule has 0 aliphatic carbocycles. The Bertz CT molecular complexity index is 154. The van der Waals surface area contributed by atoms with Crippen LogP contribution in [0.4, 0.5) is 0 Å². The first-order chi connectivity index (χ1) is 4.04. The van der Waals surface area contributed by atoms with Crippen molar-refractivity contribution in [3.05, 3.63) is 24.3 Å². The van der Waals surface area contributed by atoms with Gasteiger partial charge in [-0.15, -0.1) is 0 Å². The van der Waals surface area contributed by atoms with Crippen LogP contribution in [0.2, 0.25) is 0 Å². The van der Waals surface area contributed by atoms with E-state index in [1.807, 2.05) is 6.92 Å². The summed E-state index contributed by atoms with van der Waals surface area (Å²) in [6, 6.07) is 0. The standard InChI is InChI=1S/C8H12O/c1-6(2)7(3)5-8(4)9/h1,3,5H2,2,4H3. The molecule has 0 saturated carbocycles. The second-order valence-electron chi connectivity index (χ2n) is 2.26. The van der Waals surface area contributed by atoms with Crippen LogP contribution in [-0.4, -0.2) is 5.78 Å². The van der Waals surface area contributed by atoms with E-state index in [2.05, 4.69) is 13.2 Å². The van der Waals surface area contributed by atoms with Gasteiger partial charge >= 0.3 is 0 Å². The molecule has 0 aromatic heterocycles. The van der Waals surface area contributed by atoms with E-state index in [0.29, 0.717) is 6.42 Å². The number of Topliss-reactive ketones (excluding diaryl/α,β-unsaturated/α-hetero) is 1. The minimum atomic E-state index is 0.142. The number of ketones is 1. The Morgan fingerprint density at radius 2 is 1.78 bits per heavy atom. The van der Waals surface area contributed by atoms with Crippen molar-refractivity contribution in [2.24, 2.45) is 0 Å². The fraction of sp³-hybridized carbons (Fsp3) is 0.375.